The standard InChI is InChI=1S/C26H26N4O4/c1-32-18-11-12-22-19(17-18)25(27-21-8-4-6-10-24(21)34-22)29-13-15-30(16-14-29)26(31)28-20-7-3-5-9-23(20)33-2/h3-12,17H,13-16H2,1-2H3,(H,28,31). The van der Waals surface area contributed by atoms with Crippen molar-refractivity contribution in [2.24, 2.45) is 4.99 Å². The van der Waals surface area contributed by atoms with E-state index >= 15 is 0 Å². The summed E-state index contributed by atoms with van der Waals surface area (Å²) in [7, 11) is 3.23. The van der Waals surface area contributed by atoms with Crippen molar-refractivity contribution in [3.8, 4) is 23.0 Å². The first-order valence-electron chi connectivity index (χ1n) is 11.1. The minimum atomic E-state index is -0.150. The van der Waals surface area contributed by atoms with Crippen LogP contribution < -0.4 is 19.5 Å². The Kier molecular flexibility index (Phi) is 5.95. The second-order valence-electron chi connectivity index (χ2n) is 7.97. The molecule has 0 radical (unpaired) electrons. The summed E-state index contributed by atoms with van der Waals surface area (Å²) < 4.78 is 17.0. The molecule has 2 aliphatic heterocycles. The summed E-state index contributed by atoms with van der Waals surface area (Å²) in [4.78, 5) is 21.9. The van der Waals surface area contributed by atoms with Crippen molar-refractivity contribution in [3.63, 3.8) is 0 Å². The lowest BCUT2D eigenvalue weighted by molar-refractivity contribution is 0.181. The normalized spacial score (nSPS) is 14.7. The number of methoxy groups -OCH3 is 2. The average molecular weight is 459 g/mol. The Morgan fingerprint density at radius 2 is 1.68 bits per heavy atom. The number of rotatable bonds is 3. The predicted molar refractivity (Wildman–Crippen MR) is 131 cm³/mol. The molecule has 34 heavy (non-hydrogen) atoms. The molecule has 2 amide bonds. The number of aliphatic imine (C=N–C) groups is 1. The fourth-order valence-electron chi connectivity index (χ4n) is 4.13. The van der Waals surface area contributed by atoms with Gasteiger partial charge < -0.3 is 29.3 Å². The number of benzene rings is 3. The van der Waals surface area contributed by atoms with Gasteiger partial charge in [-0.2, -0.15) is 0 Å². The Morgan fingerprint density at radius 3 is 2.47 bits per heavy atom. The Hall–Kier alpha value is -4.20. The molecule has 8 heteroatoms. The van der Waals surface area contributed by atoms with Crippen LogP contribution in [0.3, 0.4) is 0 Å². The molecule has 2 heterocycles. The van der Waals surface area contributed by atoms with Gasteiger partial charge in [0.25, 0.3) is 0 Å². The van der Waals surface area contributed by atoms with Crippen LogP contribution in [0.2, 0.25) is 0 Å². The molecule has 0 atom stereocenters. The first-order valence-corrected chi connectivity index (χ1v) is 11.1. The zero-order chi connectivity index (χ0) is 23.5. The highest BCUT2D eigenvalue weighted by Crippen LogP contribution is 2.39. The highest BCUT2D eigenvalue weighted by molar-refractivity contribution is 6.04. The quantitative estimate of drug-likeness (QED) is 0.614. The second-order valence-corrected chi connectivity index (χ2v) is 7.97. The maximum Gasteiger partial charge on any atom is 0.322 e. The summed E-state index contributed by atoms with van der Waals surface area (Å²) in [6, 6.07) is 20.7. The summed E-state index contributed by atoms with van der Waals surface area (Å²) in [6.07, 6.45) is 0. The van der Waals surface area contributed by atoms with Crippen molar-refractivity contribution in [3.05, 3.63) is 72.3 Å². The van der Waals surface area contributed by atoms with Crippen LogP contribution in [-0.2, 0) is 0 Å². The van der Waals surface area contributed by atoms with Gasteiger partial charge in [0.2, 0.25) is 0 Å². The van der Waals surface area contributed by atoms with Gasteiger partial charge in [-0.1, -0.05) is 24.3 Å². The maximum atomic E-state index is 12.9. The van der Waals surface area contributed by atoms with Crippen molar-refractivity contribution in [2.45, 2.75) is 0 Å². The minimum Gasteiger partial charge on any atom is -0.497 e. The molecule has 0 saturated carbocycles. The molecule has 174 valence electrons. The van der Waals surface area contributed by atoms with Crippen molar-refractivity contribution in [1.29, 1.82) is 0 Å². The number of ether oxygens (including phenoxy) is 3. The molecule has 1 fully saturated rings. The number of amidine groups is 1. The number of fused-ring (bicyclic) bond motifs is 2. The van der Waals surface area contributed by atoms with Crippen molar-refractivity contribution < 1.29 is 19.0 Å². The molecular formula is C26H26N4O4. The number of nitrogens with zero attached hydrogens (tertiary/aromatic N) is 3. The third-order valence-corrected chi connectivity index (χ3v) is 5.95. The Balaban J connectivity index is 1.37. The van der Waals surface area contributed by atoms with E-state index in [1.807, 2.05) is 66.7 Å². The summed E-state index contributed by atoms with van der Waals surface area (Å²) in [5.74, 6) is 3.60. The molecule has 5 rings (SSSR count). The number of carbonyl (C=O) groups excluding carboxylic acids is 1. The van der Waals surface area contributed by atoms with E-state index in [0.717, 1.165) is 28.6 Å². The van der Waals surface area contributed by atoms with E-state index < -0.39 is 0 Å². The monoisotopic (exact) mass is 458 g/mol. The molecule has 3 aromatic rings. The molecule has 1 N–H and O–H groups in total. The van der Waals surface area contributed by atoms with Crippen molar-refractivity contribution >= 4 is 23.2 Å². The lowest BCUT2D eigenvalue weighted by Crippen LogP contribution is -2.51. The maximum absolute atomic E-state index is 12.9. The van der Waals surface area contributed by atoms with Gasteiger partial charge in [0, 0.05) is 26.2 Å². The van der Waals surface area contributed by atoms with E-state index in [9.17, 15) is 4.79 Å². The zero-order valence-electron chi connectivity index (χ0n) is 19.2. The molecule has 3 aromatic carbocycles. The molecule has 0 bridgehead atoms. The van der Waals surface area contributed by atoms with E-state index in [0.29, 0.717) is 43.4 Å². The fourth-order valence-corrected chi connectivity index (χ4v) is 4.13. The predicted octanol–water partition coefficient (Wildman–Crippen LogP) is 4.74. The lowest BCUT2D eigenvalue weighted by Gasteiger charge is -2.36. The van der Waals surface area contributed by atoms with E-state index in [-0.39, 0.29) is 6.03 Å². The van der Waals surface area contributed by atoms with Gasteiger partial charge in [-0.15, -0.1) is 0 Å². The van der Waals surface area contributed by atoms with Gasteiger partial charge in [-0.05, 0) is 42.5 Å². The second kappa shape index (κ2) is 9.35. The summed E-state index contributed by atoms with van der Waals surface area (Å²) in [6.45, 7) is 2.39. The van der Waals surface area contributed by atoms with Crippen LogP contribution in [0.25, 0.3) is 0 Å². The van der Waals surface area contributed by atoms with E-state index in [4.69, 9.17) is 19.2 Å². The van der Waals surface area contributed by atoms with Gasteiger partial charge in [-0.3, -0.25) is 0 Å². The van der Waals surface area contributed by atoms with E-state index in [2.05, 4.69) is 10.2 Å². The van der Waals surface area contributed by atoms with Crippen LogP contribution in [0.5, 0.6) is 23.0 Å². The van der Waals surface area contributed by atoms with Gasteiger partial charge >= 0.3 is 6.03 Å². The number of piperazine rings is 1. The molecular weight excluding hydrogens is 432 g/mol. The smallest absolute Gasteiger partial charge is 0.322 e. The highest BCUT2D eigenvalue weighted by atomic mass is 16.5. The lowest BCUT2D eigenvalue weighted by atomic mass is 10.1. The summed E-state index contributed by atoms with van der Waals surface area (Å²) in [5.41, 5.74) is 2.28. The van der Waals surface area contributed by atoms with Crippen LogP contribution in [0.4, 0.5) is 16.2 Å². The van der Waals surface area contributed by atoms with Crippen LogP contribution >= 0.6 is 0 Å². The Labute approximate surface area is 198 Å². The van der Waals surface area contributed by atoms with Gasteiger partial charge in [0.05, 0.1) is 25.5 Å². The number of urea groups is 1. The number of amides is 2. The number of para-hydroxylation sites is 4. The molecule has 0 unspecified atom stereocenters. The van der Waals surface area contributed by atoms with Crippen molar-refractivity contribution in [2.75, 3.05) is 45.7 Å². The SMILES string of the molecule is COc1ccc2c(c1)C(N1CCN(C(=O)Nc3ccccc3OC)CC1)=Nc1ccccc1O2. The molecule has 0 aromatic heterocycles. The van der Waals surface area contributed by atoms with Crippen LogP contribution in [0.1, 0.15) is 5.56 Å². The summed E-state index contributed by atoms with van der Waals surface area (Å²) in [5, 5.41) is 2.96. The van der Waals surface area contributed by atoms with Crippen LogP contribution in [0.15, 0.2) is 71.7 Å². The fraction of sp³-hybridized carbons (Fsp3) is 0.231. The van der Waals surface area contributed by atoms with Crippen molar-refractivity contribution in [1.82, 2.24) is 9.80 Å². The molecule has 0 aliphatic carbocycles. The van der Waals surface area contributed by atoms with Gasteiger partial charge in [-0.25, -0.2) is 9.79 Å². The molecule has 8 nitrogen and oxygen atoms in total. The number of hydrogen-bond donors (Lipinski definition) is 1. The van der Waals surface area contributed by atoms with Gasteiger partial charge in [0.15, 0.2) is 5.75 Å². The zero-order valence-corrected chi connectivity index (χ0v) is 19.2. The number of carbonyl (C=O) groups is 1. The van der Waals surface area contributed by atoms with Crippen LogP contribution in [0, 0.1) is 0 Å². The molecule has 2 aliphatic rings. The number of hydrogen-bond acceptors (Lipinski definition) is 6. The topological polar surface area (TPSA) is 75.6 Å². The van der Waals surface area contributed by atoms with Crippen LogP contribution in [-0.4, -0.2) is 62.1 Å². The largest absolute Gasteiger partial charge is 0.497 e. The average Bonchev–Trinajstić information content (AvgIpc) is 3.05. The highest BCUT2D eigenvalue weighted by Gasteiger charge is 2.28. The van der Waals surface area contributed by atoms with E-state index in [1.54, 1.807) is 19.1 Å². The van der Waals surface area contributed by atoms with E-state index in [1.165, 1.54) is 0 Å². The Morgan fingerprint density at radius 1 is 0.912 bits per heavy atom. The summed E-state index contributed by atoms with van der Waals surface area (Å²) >= 11 is 0. The minimum absolute atomic E-state index is 0.150. The molecule has 0 spiro atoms. The third kappa shape index (κ3) is 4.22. The third-order valence-electron chi connectivity index (χ3n) is 5.95. The number of nitrogens with one attached hydrogen (secondary N) is 1. The molecule has 1 saturated heterocycles. The first kappa shape index (κ1) is 21.6. The van der Waals surface area contributed by atoms with Gasteiger partial charge in [0.1, 0.15) is 28.8 Å². The first-order chi connectivity index (χ1) is 16.7. The number of anilines is 1. The Bertz CT molecular complexity index is 1230.